The maximum absolute atomic E-state index is 12.2. The van der Waals surface area contributed by atoms with Crippen LogP contribution >= 0.6 is 0 Å². The van der Waals surface area contributed by atoms with Gasteiger partial charge in [-0.2, -0.15) is 0 Å². The monoisotopic (exact) mass is 290 g/mol. The standard InChI is InChI=1S/C17H26N2O2/c1-12(16(19-2)13-6-4-3-5-7-13)21-17(20)14-8-10-15(18)11-9-14/h8-13,16,19H,3-7,18H2,1-2H3/t12-,16-/m1/s1. The van der Waals surface area contributed by atoms with E-state index in [4.69, 9.17) is 10.5 Å². The van der Waals surface area contributed by atoms with Crippen LogP contribution in [0.3, 0.4) is 0 Å². The van der Waals surface area contributed by atoms with Gasteiger partial charge in [-0.05, 0) is 57.0 Å². The first-order valence-electron chi connectivity index (χ1n) is 7.85. The molecular formula is C17H26N2O2. The highest BCUT2D eigenvalue weighted by Gasteiger charge is 2.29. The summed E-state index contributed by atoms with van der Waals surface area (Å²) < 4.78 is 5.64. The predicted octanol–water partition coefficient (Wildman–Crippen LogP) is 2.98. The summed E-state index contributed by atoms with van der Waals surface area (Å²) in [5.74, 6) is 0.316. The Kier molecular flexibility index (Phi) is 5.62. The number of anilines is 1. The van der Waals surface area contributed by atoms with Crippen molar-refractivity contribution < 1.29 is 9.53 Å². The van der Waals surface area contributed by atoms with Crippen LogP contribution in [0.5, 0.6) is 0 Å². The Balaban J connectivity index is 1.96. The summed E-state index contributed by atoms with van der Waals surface area (Å²) in [4.78, 5) is 12.2. The number of carbonyl (C=O) groups excluding carboxylic acids is 1. The molecule has 2 atom stereocenters. The molecular weight excluding hydrogens is 264 g/mol. The molecule has 0 bridgehead atoms. The fourth-order valence-corrected chi connectivity index (χ4v) is 3.28. The van der Waals surface area contributed by atoms with E-state index in [-0.39, 0.29) is 18.1 Å². The molecule has 1 aromatic carbocycles. The van der Waals surface area contributed by atoms with Crippen LogP contribution in [0.15, 0.2) is 24.3 Å². The quantitative estimate of drug-likeness (QED) is 0.646. The van der Waals surface area contributed by atoms with Gasteiger partial charge in [0.15, 0.2) is 0 Å². The molecule has 4 nitrogen and oxygen atoms in total. The summed E-state index contributed by atoms with van der Waals surface area (Å²) in [5.41, 5.74) is 6.83. The number of carbonyl (C=O) groups is 1. The summed E-state index contributed by atoms with van der Waals surface area (Å²) in [7, 11) is 1.95. The van der Waals surface area contributed by atoms with E-state index < -0.39 is 0 Å². The number of benzene rings is 1. The Morgan fingerprint density at radius 1 is 1.24 bits per heavy atom. The molecule has 0 aromatic heterocycles. The zero-order valence-corrected chi connectivity index (χ0v) is 13.0. The summed E-state index contributed by atoms with van der Waals surface area (Å²) in [6.07, 6.45) is 6.18. The van der Waals surface area contributed by atoms with Gasteiger partial charge >= 0.3 is 5.97 Å². The molecule has 4 heteroatoms. The molecule has 1 fully saturated rings. The molecule has 1 aliphatic rings. The fourth-order valence-electron chi connectivity index (χ4n) is 3.28. The van der Waals surface area contributed by atoms with Gasteiger partial charge in [-0.3, -0.25) is 0 Å². The van der Waals surface area contributed by atoms with Gasteiger partial charge in [0.1, 0.15) is 6.10 Å². The van der Waals surface area contributed by atoms with Crippen LogP contribution in [-0.4, -0.2) is 25.2 Å². The number of likely N-dealkylation sites (N-methyl/N-ethyl adjacent to an activating group) is 1. The second-order valence-corrected chi connectivity index (χ2v) is 5.94. The van der Waals surface area contributed by atoms with Crippen molar-refractivity contribution in [3.63, 3.8) is 0 Å². The molecule has 0 saturated heterocycles. The van der Waals surface area contributed by atoms with E-state index in [1.807, 2.05) is 14.0 Å². The highest BCUT2D eigenvalue weighted by molar-refractivity contribution is 5.89. The van der Waals surface area contributed by atoms with Crippen LogP contribution in [0.1, 0.15) is 49.4 Å². The SMILES string of the molecule is CN[C@@H](C1CCCCC1)[C@@H](C)OC(=O)c1ccc(N)cc1. The second-order valence-electron chi connectivity index (χ2n) is 5.94. The molecule has 3 N–H and O–H groups in total. The Morgan fingerprint density at radius 3 is 2.43 bits per heavy atom. The molecule has 0 spiro atoms. The number of ether oxygens (including phenoxy) is 1. The van der Waals surface area contributed by atoms with E-state index in [9.17, 15) is 4.79 Å². The Labute approximate surface area is 127 Å². The van der Waals surface area contributed by atoms with Gasteiger partial charge in [0.2, 0.25) is 0 Å². The number of nitrogen functional groups attached to an aromatic ring is 1. The van der Waals surface area contributed by atoms with Crippen LogP contribution in [0, 0.1) is 5.92 Å². The first kappa shape index (κ1) is 15.8. The molecule has 0 heterocycles. The smallest absolute Gasteiger partial charge is 0.338 e. The van der Waals surface area contributed by atoms with Gasteiger partial charge in [0.05, 0.1) is 5.56 Å². The van der Waals surface area contributed by atoms with Crippen molar-refractivity contribution in [2.45, 2.75) is 51.2 Å². The van der Waals surface area contributed by atoms with E-state index in [0.717, 1.165) is 0 Å². The maximum atomic E-state index is 12.2. The molecule has 1 aliphatic carbocycles. The van der Waals surface area contributed by atoms with E-state index in [2.05, 4.69) is 5.32 Å². The summed E-state index contributed by atoms with van der Waals surface area (Å²) in [6, 6.07) is 7.08. The number of esters is 1. The maximum Gasteiger partial charge on any atom is 0.338 e. The third-order valence-electron chi connectivity index (χ3n) is 4.44. The second kappa shape index (κ2) is 7.46. The Bertz CT molecular complexity index is 452. The zero-order valence-electron chi connectivity index (χ0n) is 13.0. The fraction of sp³-hybridized carbons (Fsp3) is 0.588. The lowest BCUT2D eigenvalue weighted by molar-refractivity contribution is 0.0170. The third kappa shape index (κ3) is 4.21. The van der Waals surface area contributed by atoms with Gasteiger partial charge in [-0.25, -0.2) is 4.79 Å². The van der Waals surface area contributed by atoms with Crippen LogP contribution in [0.4, 0.5) is 5.69 Å². The van der Waals surface area contributed by atoms with E-state index >= 15 is 0 Å². The minimum Gasteiger partial charge on any atom is -0.457 e. The molecule has 0 unspecified atom stereocenters. The molecule has 116 valence electrons. The first-order chi connectivity index (χ1) is 10.1. The van der Waals surface area contributed by atoms with Gasteiger partial charge in [0.25, 0.3) is 0 Å². The third-order valence-corrected chi connectivity index (χ3v) is 4.44. The summed E-state index contributed by atoms with van der Waals surface area (Å²) >= 11 is 0. The van der Waals surface area contributed by atoms with Crippen LogP contribution in [0.2, 0.25) is 0 Å². The van der Waals surface area contributed by atoms with E-state index in [1.54, 1.807) is 24.3 Å². The molecule has 0 amide bonds. The van der Waals surface area contributed by atoms with E-state index in [1.165, 1.54) is 32.1 Å². The molecule has 0 aliphatic heterocycles. The van der Waals surface area contributed by atoms with E-state index in [0.29, 0.717) is 17.2 Å². The largest absolute Gasteiger partial charge is 0.457 e. The molecule has 21 heavy (non-hydrogen) atoms. The molecule has 2 rings (SSSR count). The first-order valence-corrected chi connectivity index (χ1v) is 7.85. The lowest BCUT2D eigenvalue weighted by Gasteiger charge is -2.33. The van der Waals surface area contributed by atoms with Gasteiger partial charge in [-0.1, -0.05) is 19.3 Å². The Hall–Kier alpha value is -1.55. The molecule has 1 saturated carbocycles. The topological polar surface area (TPSA) is 64.3 Å². The average Bonchev–Trinajstić information content (AvgIpc) is 2.49. The number of rotatable bonds is 5. The number of nitrogens with two attached hydrogens (primary N) is 1. The molecule has 0 radical (unpaired) electrons. The van der Waals surface area contributed by atoms with Crippen molar-refractivity contribution in [1.82, 2.24) is 5.32 Å². The van der Waals surface area contributed by atoms with Crippen molar-refractivity contribution >= 4 is 11.7 Å². The average molecular weight is 290 g/mol. The number of hydrogen-bond donors (Lipinski definition) is 2. The predicted molar refractivity (Wildman–Crippen MR) is 85.2 cm³/mol. The van der Waals surface area contributed by atoms with Crippen molar-refractivity contribution in [3.8, 4) is 0 Å². The highest BCUT2D eigenvalue weighted by Crippen LogP contribution is 2.28. The zero-order chi connectivity index (χ0) is 15.2. The Morgan fingerprint density at radius 2 is 1.86 bits per heavy atom. The van der Waals surface area contributed by atoms with Crippen molar-refractivity contribution in [1.29, 1.82) is 0 Å². The van der Waals surface area contributed by atoms with Gasteiger partial charge < -0.3 is 15.8 Å². The normalized spacial score (nSPS) is 19.0. The summed E-state index contributed by atoms with van der Waals surface area (Å²) in [5, 5.41) is 3.34. The van der Waals surface area contributed by atoms with Crippen LogP contribution < -0.4 is 11.1 Å². The van der Waals surface area contributed by atoms with Crippen LogP contribution in [-0.2, 0) is 4.74 Å². The number of hydrogen-bond acceptors (Lipinski definition) is 4. The highest BCUT2D eigenvalue weighted by atomic mass is 16.5. The van der Waals surface area contributed by atoms with Gasteiger partial charge in [-0.15, -0.1) is 0 Å². The van der Waals surface area contributed by atoms with Crippen molar-refractivity contribution in [2.75, 3.05) is 12.8 Å². The van der Waals surface area contributed by atoms with Crippen molar-refractivity contribution in [2.24, 2.45) is 5.92 Å². The van der Waals surface area contributed by atoms with Crippen molar-refractivity contribution in [3.05, 3.63) is 29.8 Å². The lowest BCUT2D eigenvalue weighted by Crippen LogP contribution is -2.45. The van der Waals surface area contributed by atoms with Crippen LogP contribution in [0.25, 0.3) is 0 Å². The summed E-state index contributed by atoms with van der Waals surface area (Å²) in [6.45, 7) is 1.98. The minimum absolute atomic E-state index is 0.136. The molecule has 1 aromatic rings. The lowest BCUT2D eigenvalue weighted by atomic mass is 9.82. The number of nitrogens with one attached hydrogen (secondary N) is 1. The minimum atomic E-state index is -0.279. The van der Waals surface area contributed by atoms with Gasteiger partial charge in [0, 0.05) is 11.7 Å².